The van der Waals surface area contributed by atoms with Crippen molar-refractivity contribution in [2.24, 2.45) is 5.92 Å². The van der Waals surface area contributed by atoms with Crippen molar-refractivity contribution in [3.05, 3.63) is 29.3 Å². The molecule has 1 aliphatic heterocycles. The number of hydrogen-bond donors (Lipinski definition) is 1. The molecular weight excluding hydrogens is 210 g/mol. The first-order valence-corrected chi connectivity index (χ1v) is 6.81. The van der Waals surface area contributed by atoms with E-state index in [0.29, 0.717) is 6.04 Å². The lowest BCUT2D eigenvalue weighted by molar-refractivity contribution is 0.240. The predicted octanol–water partition coefficient (Wildman–Crippen LogP) is 2.90. The highest BCUT2D eigenvalue weighted by atomic mass is 16.5. The zero-order chi connectivity index (χ0) is 11.7. The maximum Gasteiger partial charge on any atom is 0.122 e. The second-order valence-corrected chi connectivity index (χ2v) is 5.40. The lowest BCUT2D eigenvalue weighted by Gasteiger charge is -2.32. The van der Waals surface area contributed by atoms with Crippen molar-refractivity contribution in [3.8, 4) is 5.75 Å². The van der Waals surface area contributed by atoms with E-state index in [1.807, 2.05) is 0 Å². The number of fused-ring (bicyclic) bond motifs is 1. The summed E-state index contributed by atoms with van der Waals surface area (Å²) in [7, 11) is 0. The van der Waals surface area contributed by atoms with Crippen molar-refractivity contribution in [1.82, 2.24) is 5.32 Å². The zero-order valence-corrected chi connectivity index (χ0v) is 10.5. The van der Waals surface area contributed by atoms with Gasteiger partial charge in [0, 0.05) is 19.0 Å². The molecule has 0 bridgehead atoms. The third-order valence-corrected chi connectivity index (χ3v) is 4.24. The quantitative estimate of drug-likeness (QED) is 0.860. The largest absolute Gasteiger partial charge is 0.493 e. The van der Waals surface area contributed by atoms with Crippen molar-refractivity contribution < 1.29 is 4.74 Å². The number of rotatable bonds is 4. The van der Waals surface area contributed by atoms with Crippen molar-refractivity contribution in [1.29, 1.82) is 0 Å². The summed E-state index contributed by atoms with van der Waals surface area (Å²) >= 11 is 0. The Balaban J connectivity index is 1.57. The molecule has 1 aromatic rings. The Morgan fingerprint density at radius 3 is 3.06 bits per heavy atom. The maximum atomic E-state index is 5.52. The Morgan fingerprint density at radius 1 is 1.41 bits per heavy atom. The SMILES string of the molecule is CC(NCc1ccc2c(c1)CCO2)C1CCC1. The molecule has 0 spiro atoms. The molecule has 1 atom stereocenters. The van der Waals surface area contributed by atoms with Crippen LogP contribution in [0.3, 0.4) is 0 Å². The summed E-state index contributed by atoms with van der Waals surface area (Å²) in [5, 5.41) is 3.65. The summed E-state index contributed by atoms with van der Waals surface area (Å²) < 4.78 is 5.52. The summed E-state index contributed by atoms with van der Waals surface area (Å²) in [6.45, 7) is 4.16. The molecule has 2 nitrogen and oxygen atoms in total. The van der Waals surface area contributed by atoms with Crippen LogP contribution in [0.2, 0.25) is 0 Å². The van der Waals surface area contributed by atoms with Gasteiger partial charge in [-0.05, 0) is 42.9 Å². The van der Waals surface area contributed by atoms with E-state index in [9.17, 15) is 0 Å². The standard InChI is InChI=1S/C15H21NO/c1-11(13-3-2-4-13)16-10-12-5-6-15-14(9-12)7-8-17-15/h5-6,9,11,13,16H,2-4,7-8,10H2,1H3. The second kappa shape index (κ2) is 4.69. The fraction of sp³-hybridized carbons (Fsp3) is 0.600. The van der Waals surface area contributed by atoms with Crippen LogP contribution in [0.4, 0.5) is 0 Å². The molecular formula is C15H21NO. The summed E-state index contributed by atoms with van der Waals surface area (Å²) in [5.41, 5.74) is 2.76. The van der Waals surface area contributed by atoms with Gasteiger partial charge < -0.3 is 10.1 Å². The molecule has 1 aliphatic carbocycles. The Hall–Kier alpha value is -1.02. The minimum atomic E-state index is 0.660. The van der Waals surface area contributed by atoms with Crippen molar-refractivity contribution in [3.63, 3.8) is 0 Å². The fourth-order valence-corrected chi connectivity index (χ4v) is 2.74. The molecule has 0 saturated heterocycles. The zero-order valence-electron chi connectivity index (χ0n) is 10.5. The second-order valence-electron chi connectivity index (χ2n) is 5.40. The van der Waals surface area contributed by atoms with Crippen LogP contribution in [-0.4, -0.2) is 12.6 Å². The molecule has 0 amide bonds. The Labute approximate surface area is 103 Å². The summed E-state index contributed by atoms with van der Waals surface area (Å²) in [5.74, 6) is 1.99. The summed E-state index contributed by atoms with van der Waals surface area (Å²) in [4.78, 5) is 0. The summed E-state index contributed by atoms with van der Waals surface area (Å²) in [6, 6.07) is 7.26. The van der Waals surface area contributed by atoms with E-state index >= 15 is 0 Å². The predicted molar refractivity (Wildman–Crippen MR) is 69.3 cm³/mol. The van der Waals surface area contributed by atoms with E-state index in [2.05, 4.69) is 30.4 Å². The lowest BCUT2D eigenvalue weighted by atomic mass is 9.80. The first kappa shape index (κ1) is 11.1. The van der Waals surface area contributed by atoms with Crippen LogP contribution in [0, 0.1) is 5.92 Å². The number of nitrogens with one attached hydrogen (secondary N) is 1. The summed E-state index contributed by atoms with van der Waals surface area (Å²) in [6.07, 6.45) is 5.31. The molecule has 1 heterocycles. The van der Waals surface area contributed by atoms with E-state index in [-0.39, 0.29) is 0 Å². The van der Waals surface area contributed by atoms with Gasteiger partial charge in [-0.15, -0.1) is 0 Å². The van der Waals surface area contributed by atoms with Gasteiger partial charge in [-0.3, -0.25) is 0 Å². The van der Waals surface area contributed by atoms with Crippen molar-refractivity contribution in [2.45, 2.75) is 45.2 Å². The maximum absolute atomic E-state index is 5.52. The number of ether oxygens (including phenoxy) is 1. The Kier molecular flexibility index (Phi) is 3.06. The van der Waals surface area contributed by atoms with Gasteiger partial charge in [0.15, 0.2) is 0 Å². The van der Waals surface area contributed by atoms with Gasteiger partial charge in [-0.2, -0.15) is 0 Å². The Bertz CT molecular complexity index is 398. The smallest absolute Gasteiger partial charge is 0.122 e. The van der Waals surface area contributed by atoms with Gasteiger partial charge in [-0.1, -0.05) is 18.6 Å². The minimum Gasteiger partial charge on any atom is -0.493 e. The molecule has 92 valence electrons. The molecule has 3 rings (SSSR count). The van der Waals surface area contributed by atoms with Gasteiger partial charge in [0.2, 0.25) is 0 Å². The van der Waals surface area contributed by atoms with E-state index in [1.165, 1.54) is 30.4 Å². The molecule has 1 N–H and O–H groups in total. The van der Waals surface area contributed by atoms with Crippen molar-refractivity contribution >= 4 is 0 Å². The molecule has 1 aromatic carbocycles. The fourth-order valence-electron chi connectivity index (χ4n) is 2.74. The van der Waals surface area contributed by atoms with Gasteiger partial charge in [-0.25, -0.2) is 0 Å². The third-order valence-electron chi connectivity index (χ3n) is 4.24. The molecule has 0 aromatic heterocycles. The van der Waals surface area contributed by atoms with Crippen LogP contribution in [0.1, 0.15) is 37.3 Å². The van der Waals surface area contributed by atoms with Crippen LogP contribution in [0.15, 0.2) is 18.2 Å². The molecule has 2 heteroatoms. The number of hydrogen-bond acceptors (Lipinski definition) is 2. The molecule has 1 unspecified atom stereocenters. The molecule has 1 saturated carbocycles. The van der Waals surface area contributed by atoms with Crippen LogP contribution in [0.25, 0.3) is 0 Å². The van der Waals surface area contributed by atoms with Gasteiger partial charge in [0.05, 0.1) is 6.61 Å². The molecule has 1 fully saturated rings. The van der Waals surface area contributed by atoms with E-state index in [0.717, 1.165) is 31.2 Å². The van der Waals surface area contributed by atoms with Gasteiger partial charge in [0.1, 0.15) is 5.75 Å². The monoisotopic (exact) mass is 231 g/mol. The third kappa shape index (κ3) is 2.32. The highest BCUT2D eigenvalue weighted by Gasteiger charge is 2.23. The van der Waals surface area contributed by atoms with Gasteiger partial charge in [0.25, 0.3) is 0 Å². The molecule has 2 aliphatic rings. The van der Waals surface area contributed by atoms with Crippen LogP contribution in [-0.2, 0) is 13.0 Å². The highest BCUT2D eigenvalue weighted by molar-refractivity contribution is 5.39. The van der Waals surface area contributed by atoms with E-state index in [4.69, 9.17) is 4.74 Å². The average molecular weight is 231 g/mol. The van der Waals surface area contributed by atoms with Crippen LogP contribution in [0.5, 0.6) is 5.75 Å². The first-order chi connectivity index (χ1) is 8.33. The van der Waals surface area contributed by atoms with E-state index in [1.54, 1.807) is 0 Å². The van der Waals surface area contributed by atoms with Crippen LogP contribution < -0.4 is 10.1 Å². The Morgan fingerprint density at radius 2 is 2.29 bits per heavy atom. The van der Waals surface area contributed by atoms with Gasteiger partial charge >= 0.3 is 0 Å². The first-order valence-electron chi connectivity index (χ1n) is 6.81. The molecule has 17 heavy (non-hydrogen) atoms. The number of benzene rings is 1. The lowest BCUT2D eigenvalue weighted by Crippen LogP contribution is -2.36. The highest BCUT2D eigenvalue weighted by Crippen LogP contribution is 2.30. The van der Waals surface area contributed by atoms with E-state index < -0.39 is 0 Å². The minimum absolute atomic E-state index is 0.660. The molecule has 0 radical (unpaired) electrons. The normalized spacial score (nSPS) is 20.5. The van der Waals surface area contributed by atoms with Crippen LogP contribution >= 0.6 is 0 Å². The average Bonchev–Trinajstić information content (AvgIpc) is 2.71. The topological polar surface area (TPSA) is 21.3 Å². The van der Waals surface area contributed by atoms with Crippen molar-refractivity contribution in [2.75, 3.05) is 6.61 Å².